The van der Waals surface area contributed by atoms with Gasteiger partial charge in [0.1, 0.15) is 22.9 Å². The highest BCUT2D eigenvalue weighted by Gasteiger charge is 2.81. The van der Waals surface area contributed by atoms with Crippen LogP contribution in [-0.2, 0) is 0 Å². The van der Waals surface area contributed by atoms with Crippen molar-refractivity contribution in [1.82, 2.24) is 0 Å². The van der Waals surface area contributed by atoms with E-state index in [0.717, 1.165) is 6.42 Å². The lowest BCUT2D eigenvalue weighted by Gasteiger charge is -2.71. The zero-order chi connectivity index (χ0) is 25.5. The Balaban J connectivity index is 1.73. The van der Waals surface area contributed by atoms with E-state index in [-0.39, 0.29) is 30.8 Å². The smallest absolute Gasteiger partial charge is 0.125 e. The molecule has 0 aromatic rings. The fraction of sp³-hybridized carbons (Fsp3) is 1.00. The quantitative estimate of drug-likeness (QED) is 0.278. The van der Waals surface area contributed by atoms with Crippen molar-refractivity contribution in [2.75, 3.05) is 0 Å². The predicted molar refractivity (Wildman–Crippen MR) is 124 cm³/mol. The molecule has 0 bridgehead atoms. The van der Waals surface area contributed by atoms with Crippen molar-refractivity contribution in [2.45, 2.75) is 133 Å². The van der Waals surface area contributed by atoms with Crippen LogP contribution in [0.25, 0.3) is 0 Å². The largest absolute Gasteiger partial charge is 0.393 e. The minimum Gasteiger partial charge on any atom is -0.393 e. The molecule has 4 fully saturated rings. The van der Waals surface area contributed by atoms with Crippen molar-refractivity contribution in [3.63, 3.8) is 0 Å². The second-order valence-corrected chi connectivity index (χ2v) is 12.7. The first-order valence-corrected chi connectivity index (χ1v) is 13.2. The van der Waals surface area contributed by atoms with Gasteiger partial charge in [0, 0.05) is 17.3 Å². The second-order valence-electron chi connectivity index (χ2n) is 12.7. The first-order valence-electron chi connectivity index (χ1n) is 13.2. The van der Waals surface area contributed by atoms with Crippen LogP contribution in [0, 0.1) is 28.6 Å². The van der Waals surface area contributed by atoms with Crippen LogP contribution in [0.4, 0.5) is 0 Å². The lowest BCUT2D eigenvalue weighted by atomic mass is 9.38. The van der Waals surface area contributed by atoms with E-state index in [1.165, 1.54) is 0 Å². The SMILES string of the molecule is CCC(O)CCC(C)C1CC(O)C2(O)C1(C)CCC1C3(C)CCC(O)C(O)C3(O)C(O)CC12O. The van der Waals surface area contributed by atoms with Crippen molar-refractivity contribution in [3.05, 3.63) is 0 Å². The number of rotatable bonds is 5. The molecule has 8 heteroatoms. The Morgan fingerprint density at radius 2 is 1.50 bits per heavy atom. The Labute approximate surface area is 202 Å². The van der Waals surface area contributed by atoms with E-state index in [4.69, 9.17) is 0 Å². The van der Waals surface area contributed by atoms with Crippen LogP contribution in [-0.4, -0.2) is 88.2 Å². The van der Waals surface area contributed by atoms with Crippen molar-refractivity contribution in [3.8, 4) is 0 Å². The summed E-state index contributed by atoms with van der Waals surface area (Å²) >= 11 is 0. The molecule has 198 valence electrons. The van der Waals surface area contributed by atoms with Gasteiger partial charge in [0.05, 0.1) is 24.4 Å². The molecule has 0 amide bonds. The maximum atomic E-state index is 12.3. The topological polar surface area (TPSA) is 162 Å². The fourth-order valence-corrected chi connectivity index (χ4v) is 9.22. The highest BCUT2D eigenvalue weighted by Crippen LogP contribution is 2.72. The minimum absolute atomic E-state index is 0.0916. The van der Waals surface area contributed by atoms with E-state index >= 15 is 0 Å². The van der Waals surface area contributed by atoms with Gasteiger partial charge in [0.25, 0.3) is 0 Å². The summed E-state index contributed by atoms with van der Waals surface area (Å²) in [6.45, 7) is 7.65. The van der Waals surface area contributed by atoms with Gasteiger partial charge in [0.15, 0.2) is 0 Å². The normalized spacial score (nSPS) is 56.8. The van der Waals surface area contributed by atoms with Gasteiger partial charge >= 0.3 is 0 Å². The second kappa shape index (κ2) is 8.35. The Morgan fingerprint density at radius 1 is 0.882 bits per heavy atom. The van der Waals surface area contributed by atoms with Crippen LogP contribution in [0.1, 0.15) is 85.5 Å². The molecular formula is C26H46O8. The van der Waals surface area contributed by atoms with Crippen LogP contribution in [0.2, 0.25) is 0 Å². The van der Waals surface area contributed by atoms with Gasteiger partial charge in [-0.25, -0.2) is 0 Å². The lowest BCUT2D eigenvalue weighted by molar-refractivity contribution is -0.372. The molecular weight excluding hydrogens is 440 g/mol. The Bertz CT molecular complexity index is 780. The van der Waals surface area contributed by atoms with Gasteiger partial charge in [-0.05, 0) is 69.1 Å². The summed E-state index contributed by atoms with van der Waals surface area (Å²) in [6.07, 6.45) is -2.54. The summed E-state index contributed by atoms with van der Waals surface area (Å²) < 4.78 is 0. The Kier molecular flexibility index (Phi) is 6.56. The van der Waals surface area contributed by atoms with Crippen molar-refractivity contribution >= 4 is 0 Å². The highest BCUT2D eigenvalue weighted by molar-refractivity contribution is 5.31. The summed E-state index contributed by atoms with van der Waals surface area (Å²) in [5.74, 6) is -0.673. The average Bonchev–Trinajstić information content (AvgIpc) is 3.00. The van der Waals surface area contributed by atoms with Gasteiger partial charge < -0.3 is 40.9 Å². The first kappa shape index (κ1) is 26.7. The third-order valence-corrected chi connectivity index (χ3v) is 11.4. The highest BCUT2D eigenvalue weighted by atomic mass is 16.4. The summed E-state index contributed by atoms with van der Waals surface area (Å²) in [5.41, 5.74) is -7.80. The third kappa shape index (κ3) is 3.06. The first-order chi connectivity index (χ1) is 15.6. The summed E-state index contributed by atoms with van der Waals surface area (Å²) in [6, 6.07) is 0. The zero-order valence-corrected chi connectivity index (χ0v) is 21.1. The number of fused-ring (bicyclic) bond motifs is 5. The van der Waals surface area contributed by atoms with Gasteiger partial charge in [-0.3, -0.25) is 0 Å². The monoisotopic (exact) mass is 486 g/mol. The molecule has 4 aliphatic rings. The van der Waals surface area contributed by atoms with E-state index in [1.54, 1.807) is 6.92 Å². The maximum Gasteiger partial charge on any atom is 0.125 e. The van der Waals surface area contributed by atoms with Gasteiger partial charge in [-0.2, -0.15) is 0 Å². The molecule has 0 spiro atoms. The molecule has 0 aromatic carbocycles. The van der Waals surface area contributed by atoms with E-state index in [9.17, 15) is 40.9 Å². The van der Waals surface area contributed by atoms with E-state index in [2.05, 4.69) is 6.92 Å². The fourth-order valence-electron chi connectivity index (χ4n) is 9.22. The molecule has 0 aromatic heterocycles. The van der Waals surface area contributed by atoms with Crippen molar-refractivity contribution in [2.24, 2.45) is 28.6 Å². The maximum absolute atomic E-state index is 12.3. The zero-order valence-electron chi connectivity index (χ0n) is 21.1. The van der Waals surface area contributed by atoms with Crippen LogP contribution >= 0.6 is 0 Å². The third-order valence-electron chi connectivity index (χ3n) is 11.4. The van der Waals surface area contributed by atoms with Gasteiger partial charge in [-0.1, -0.05) is 27.7 Å². The number of aliphatic hydroxyl groups is 8. The molecule has 4 aliphatic carbocycles. The molecule has 8 N–H and O–H groups in total. The van der Waals surface area contributed by atoms with Gasteiger partial charge in [-0.15, -0.1) is 0 Å². The molecule has 0 radical (unpaired) electrons. The molecule has 4 saturated carbocycles. The molecule has 0 heterocycles. The molecule has 4 rings (SSSR count). The summed E-state index contributed by atoms with van der Waals surface area (Å²) in [7, 11) is 0. The number of aliphatic hydroxyl groups excluding tert-OH is 5. The minimum atomic E-state index is -2.03. The van der Waals surface area contributed by atoms with E-state index in [0.29, 0.717) is 32.1 Å². The lowest BCUT2D eigenvalue weighted by Crippen LogP contribution is -2.83. The molecule has 0 saturated heterocycles. The molecule has 8 nitrogen and oxygen atoms in total. The molecule has 34 heavy (non-hydrogen) atoms. The van der Waals surface area contributed by atoms with Crippen LogP contribution in [0.5, 0.6) is 0 Å². The standard InChI is InChI=1S/C26H46O8/c1-5-15(27)7-6-14(2)16-12-19(29)26(34)22(16,3)11-9-18-23(4)10-8-17(28)21(31)25(23,33)20(30)13-24(18,26)32/h14-21,27-34H,5-13H2,1-4H3. The summed E-state index contributed by atoms with van der Waals surface area (Å²) in [4.78, 5) is 0. The van der Waals surface area contributed by atoms with Crippen LogP contribution in [0.3, 0.4) is 0 Å². The van der Waals surface area contributed by atoms with Crippen molar-refractivity contribution in [1.29, 1.82) is 0 Å². The Morgan fingerprint density at radius 3 is 2.12 bits per heavy atom. The number of hydrogen-bond acceptors (Lipinski definition) is 8. The van der Waals surface area contributed by atoms with E-state index in [1.807, 2.05) is 13.8 Å². The molecule has 0 aliphatic heterocycles. The van der Waals surface area contributed by atoms with Crippen LogP contribution < -0.4 is 0 Å². The van der Waals surface area contributed by atoms with Crippen LogP contribution in [0.15, 0.2) is 0 Å². The van der Waals surface area contributed by atoms with Crippen molar-refractivity contribution < 1.29 is 40.9 Å². The molecule has 13 unspecified atom stereocenters. The van der Waals surface area contributed by atoms with Gasteiger partial charge in [0.2, 0.25) is 0 Å². The molecule has 13 atom stereocenters. The Hall–Kier alpha value is -0.320. The predicted octanol–water partition coefficient (Wildman–Crippen LogP) is 0.450. The average molecular weight is 487 g/mol. The number of hydrogen-bond donors (Lipinski definition) is 8. The summed E-state index contributed by atoms with van der Waals surface area (Å²) in [5, 5.41) is 89.8. The van der Waals surface area contributed by atoms with E-state index < -0.39 is 64.4 Å².